The third kappa shape index (κ3) is 6.84. The molecule has 6 nitrogen and oxygen atoms in total. The first-order chi connectivity index (χ1) is 18.6. The van der Waals surface area contributed by atoms with Crippen LogP contribution in [0.3, 0.4) is 0 Å². The summed E-state index contributed by atoms with van der Waals surface area (Å²) in [6.45, 7) is -1.24. The molecule has 200 valence electrons. The van der Waals surface area contributed by atoms with Crippen molar-refractivity contribution in [3.8, 4) is 0 Å². The number of nitrogens with one attached hydrogen (secondary N) is 1. The molecule has 0 fully saturated rings. The van der Waals surface area contributed by atoms with Gasteiger partial charge in [-0.2, -0.15) is 4.31 Å². The molecule has 0 saturated carbocycles. The molecule has 0 aliphatic heterocycles. The van der Waals surface area contributed by atoms with Gasteiger partial charge >= 0.3 is 0 Å². The molecule has 39 heavy (non-hydrogen) atoms. The molecule has 0 aliphatic carbocycles. The Kier molecular flexibility index (Phi) is 9.04. The largest absolute Gasteiger partial charge is 0.324 e. The highest BCUT2D eigenvalue weighted by Crippen LogP contribution is 2.27. The number of rotatable bonds is 9. The van der Waals surface area contributed by atoms with Crippen LogP contribution in [0.15, 0.2) is 95.9 Å². The molecule has 11 heteroatoms. The number of anilines is 1. The van der Waals surface area contributed by atoms with Crippen LogP contribution in [0.2, 0.25) is 15.1 Å². The summed E-state index contributed by atoms with van der Waals surface area (Å²) < 4.78 is 42.5. The Balaban J connectivity index is 1.67. The second kappa shape index (κ2) is 12.3. The minimum Gasteiger partial charge on any atom is -0.324 e. The van der Waals surface area contributed by atoms with E-state index in [2.05, 4.69) is 5.32 Å². The van der Waals surface area contributed by atoms with Crippen LogP contribution in [0, 0.1) is 5.82 Å². The smallest absolute Gasteiger partial charge is 0.243 e. The maximum absolute atomic E-state index is 14.6. The molecule has 4 aromatic rings. The van der Waals surface area contributed by atoms with Gasteiger partial charge in [0.05, 0.1) is 17.1 Å². The molecule has 0 radical (unpaired) electrons. The van der Waals surface area contributed by atoms with Crippen LogP contribution in [-0.2, 0) is 21.4 Å². The molecule has 4 aromatic carbocycles. The molecule has 0 unspecified atom stereocenters. The number of hydrogen-bond donors (Lipinski definition) is 1. The monoisotopic (exact) mass is 604 g/mol. The van der Waals surface area contributed by atoms with Gasteiger partial charge in [0.15, 0.2) is 5.78 Å². The number of halogens is 4. The van der Waals surface area contributed by atoms with Crippen molar-refractivity contribution in [2.45, 2.75) is 11.4 Å². The Bertz CT molecular complexity index is 1610. The molecule has 0 bridgehead atoms. The van der Waals surface area contributed by atoms with Gasteiger partial charge in [0.25, 0.3) is 0 Å². The SMILES string of the molecule is O=C(CN(Cc1c(F)cccc1Cl)S(=O)(=O)c1ccc(Cl)cc1)Nc1ccc(Cl)cc1C(=O)c1ccccc1. The predicted molar refractivity (Wildman–Crippen MR) is 150 cm³/mol. The van der Waals surface area contributed by atoms with Gasteiger partial charge in [0.1, 0.15) is 5.82 Å². The number of carbonyl (C=O) groups is 2. The molecule has 4 rings (SSSR count). The molecular weight excluding hydrogens is 586 g/mol. The van der Waals surface area contributed by atoms with Crippen molar-refractivity contribution >= 4 is 62.2 Å². The quantitative estimate of drug-likeness (QED) is 0.212. The lowest BCUT2D eigenvalue weighted by atomic mass is 10.0. The summed E-state index contributed by atoms with van der Waals surface area (Å²) >= 11 is 18.2. The van der Waals surface area contributed by atoms with Crippen LogP contribution in [0.1, 0.15) is 21.5 Å². The van der Waals surface area contributed by atoms with E-state index >= 15 is 0 Å². The summed E-state index contributed by atoms with van der Waals surface area (Å²) in [4.78, 5) is 26.2. The molecular formula is C28H20Cl3FN2O4S. The topological polar surface area (TPSA) is 83.6 Å². The van der Waals surface area contributed by atoms with E-state index in [1.54, 1.807) is 30.3 Å². The maximum atomic E-state index is 14.6. The summed E-state index contributed by atoms with van der Waals surface area (Å²) in [6, 6.07) is 22.0. The maximum Gasteiger partial charge on any atom is 0.243 e. The van der Waals surface area contributed by atoms with Gasteiger partial charge in [-0.3, -0.25) is 9.59 Å². The number of amides is 1. The molecule has 0 spiro atoms. The molecule has 0 saturated heterocycles. The average Bonchev–Trinajstić information content (AvgIpc) is 2.91. The van der Waals surface area contributed by atoms with Gasteiger partial charge < -0.3 is 5.32 Å². The fourth-order valence-electron chi connectivity index (χ4n) is 3.75. The number of sulfonamides is 1. The molecule has 0 atom stereocenters. The van der Waals surface area contributed by atoms with Crippen molar-refractivity contribution in [3.63, 3.8) is 0 Å². The van der Waals surface area contributed by atoms with Gasteiger partial charge in [-0.05, 0) is 54.6 Å². The fraction of sp³-hybridized carbons (Fsp3) is 0.0714. The summed E-state index contributed by atoms with van der Waals surface area (Å²) in [5.41, 5.74) is 0.518. The minimum absolute atomic E-state index is 0.000148. The Labute approximate surface area is 240 Å². The zero-order valence-corrected chi connectivity index (χ0v) is 23.2. The summed E-state index contributed by atoms with van der Waals surface area (Å²) in [7, 11) is -4.31. The predicted octanol–water partition coefficient (Wildman–Crippen LogP) is 6.85. The zero-order valence-electron chi connectivity index (χ0n) is 20.1. The van der Waals surface area contributed by atoms with Gasteiger partial charge in [0, 0.05) is 38.3 Å². The molecule has 1 N–H and O–H groups in total. The number of hydrogen-bond acceptors (Lipinski definition) is 4. The van der Waals surface area contributed by atoms with Crippen LogP contribution in [0.5, 0.6) is 0 Å². The van der Waals surface area contributed by atoms with Crippen LogP contribution in [0.4, 0.5) is 10.1 Å². The van der Waals surface area contributed by atoms with E-state index in [0.717, 1.165) is 10.4 Å². The summed E-state index contributed by atoms with van der Waals surface area (Å²) in [5, 5.41) is 3.18. The molecule has 0 aliphatic rings. The van der Waals surface area contributed by atoms with Gasteiger partial charge in [-0.25, -0.2) is 12.8 Å². The molecule has 1 amide bonds. The molecule has 0 aromatic heterocycles. The fourth-order valence-corrected chi connectivity index (χ4v) is 5.63. The van der Waals surface area contributed by atoms with E-state index in [1.165, 1.54) is 54.6 Å². The van der Waals surface area contributed by atoms with E-state index in [9.17, 15) is 22.4 Å². The lowest BCUT2D eigenvalue weighted by Crippen LogP contribution is -2.38. The van der Waals surface area contributed by atoms with Crippen LogP contribution in [0.25, 0.3) is 0 Å². The minimum atomic E-state index is -4.31. The van der Waals surface area contributed by atoms with E-state index in [4.69, 9.17) is 34.8 Å². The van der Waals surface area contributed by atoms with E-state index in [1.807, 2.05) is 0 Å². The Morgan fingerprint density at radius 1 is 0.821 bits per heavy atom. The van der Waals surface area contributed by atoms with Crippen molar-refractivity contribution in [3.05, 3.63) is 129 Å². The average molecular weight is 606 g/mol. The Morgan fingerprint density at radius 3 is 2.15 bits per heavy atom. The lowest BCUT2D eigenvalue weighted by Gasteiger charge is -2.23. The summed E-state index contributed by atoms with van der Waals surface area (Å²) in [5.74, 6) is -1.89. The first kappa shape index (κ1) is 28.7. The van der Waals surface area contributed by atoms with E-state index < -0.39 is 40.6 Å². The first-order valence-corrected chi connectivity index (χ1v) is 14.0. The third-order valence-electron chi connectivity index (χ3n) is 5.70. The Hall–Kier alpha value is -3.27. The summed E-state index contributed by atoms with van der Waals surface area (Å²) in [6.07, 6.45) is 0. The van der Waals surface area contributed by atoms with Crippen molar-refractivity contribution in [1.82, 2.24) is 4.31 Å². The van der Waals surface area contributed by atoms with Crippen LogP contribution in [-0.4, -0.2) is 31.0 Å². The molecule has 0 heterocycles. The number of ketones is 1. The second-order valence-electron chi connectivity index (χ2n) is 8.36. The normalized spacial score (nSPS) is 11.4. The zero-order chi connectivity index (χ0) is 28.2. The lowest BCUT2D eigenvalue weighted by molar-refractivity contribution is -0.116. The Morgan fingerprint density at radius 2 is 1.49 bits per heavy atom. The number of nitrogens with zero attached hydrogens (tertiary/aromatic N) is 1. The van der Waals surface area contributed by atoms with Gasteiger partial charge in [0.2, 0.25) is 15.9 Å². The van der Waals surface area contributed by atoms with Crippen molar-refractivity contribution in [2.75, 3.05) is 11.9 Å². The highest BCUT2D eigenvalue weighted by Gasteiger charge is 2.29. The van der Waals surface area contributed by atoms with E-state index in [-0.39, 0.29) is 31.8 Å². The standard InChI is InChI=1S/C28H20Cl3FN2O4S/c29-19-9-12-21(13-10-19)39(37,38)34(16-23-24(31)7-4-8-25(23)32)17-27(35)33-26-14-11-20(30)15-22(26)28(36)18-5-2-1-3-6-18/h1-15H,16-17H2,(H,33,35). The number of benzene rings is 4. The van der Waals surface area contributed by atoms with Crippen LogP contribution >= 0.6 is 34.8 Å². The van der Waals surface area contributed by atoms with Crippen molar-refractivity contribution in [2.24, 2.45) is 0 Å². The van der Waals surface area contributed by atoms with Gasteiger partial charge in [-0.1, -0.05) is 71.2 Å². The third-order valence-corrected chi connectivity index (χ3v) is 8.35. The number of carbonyl (C=O) groups excluding carboxylic acids is 2. The second-order valence-corrected chi connectivity index (χ2v) is 11.6. The van der Waals surface area contributed by atoms with Crippen LogP contribution < -0.4 is 5.32 Å². The van der Waals surface area contributed by atoms with E-state index in [0.29, 0.717) is 10.6 Å². The van der Waals surface area contributed by atoms with Gasteiger partial charge in [-0.15, -0.1) is 0 Å². The highest BCUT2D eigenvalue weighted by atomic mass is 35.5. The van der Waals surface area contributed by atoms with Crippen molar-refractivity contribution < 1.29 is 22.4 Å². The van der Waals surface area contributed by atoms with Crippen molar-refractivity contribution in [1.29, 1.82) is 0 Å². The first-order valence-electron chi connectivity index (χ1n) is 11.4. The highest BCUT2D eigenvalue weighted by molar-refractivity contribution is 7.89.